The van der Waals surface area contributed by atoms with Gasteiger partial charge in [0.2, 0.25) is 0 Å². The molecule has 2 nitrogen and oxygen atoms in total. The Kier molecular flexibility index (Phi) is 4.30. The maximum atomic E-state index is 13.6. The van der Waals surface area contributed by atoms with E-state index >= 15 is 0 Å². The molecule has 100 valence electrons. The Balaban J connectivity index is 2.14. The fourth-order valence-electron chi connectivity index (χ4n) is 2.73. The van der Waals surface area contributed by atoms with Gasteiger partial charge in [0, 0.05) is 5.56 Å². The third-order valence-corrected chi connectivity index (χ3v) is 3.84. The maximum Gasteiger partial charge on any atom is 0.163 e. The SMILES string of the molecule is N[C@H](c1cccc(F)c1F)[C@@H](O)C1CCCCC1. The van der Waals surface area contributed by atoms with Crippen LogP contribution in [0.5, 0.6) is 0 Å². The maximum absolute atomic E-state index is 13.6. The number of hydrogen-bond acceptors (Lipinski definition) is 2. The number of halogens is 2. The Morgan fingerprint density at radius 3 is 2.50 bits per heavy atom. The monoisotopic (exact) mass is 255 g/mol. The number of nitrogens with two attached hydrogens (primary N) is 1. The lowest BCUT2D eigenvalue weighted by Crippen LogP contribution is -2.34. The highest BCUT2D eigenvalue weighted by Crippen LogP contribution is 2.32. The third kappa shape index (κ3) is 2.70. The molecule has 1 aromatic carbocycles. The molecular weight excluding hydrogens is 236 g/mol. The van der Waals surface area contributed by atoms with Crippen LogP contribution in [0.1, 0.15) is 43.7 Å². The summed E-state index contributed by atoms with van der Waals surface area (Å²) < 4.78 is 26.7. The van der Waals surface area contributed by atoms with Gasteiger partial charge in [-0.25, -0.2) is 8.78 Å². The van der Waals surface area contributed by atoms with Gasteiger partial charge >= 0.3 is 0 Å². The lowest BCUT2D eigenvalue weighted by atomic mass is 9.81. The lowest BCUT2D eigenvalue weighted by Gasteiger charge is -2.30. The van der Waals surface area contributed by atoms with Crippen molar-refractivity contribution in [3.8, 4) is 0 Å². The summed E-state index contributed by atoms with van der Waals surface area (Å²) in [5.41, 5.74) is 5.95. The number of hydrogen-bond donors (Lipinski definition) is 2. The molecule has 0 spiro atoms. The smallest absolute Gasteiger partial charge is 0.163 e. The van der Waals surface area contributed by atoms with Crippen LogP contribution in [0.3, 0.4) is 0 Å². The van der Waals surface area contributed by atoms with Gasteiger partial charge in [-0.3, -0.25) is 0 Å². The van der Waals surface area contributed by atoms with Gasteiger partial charge < -0.3 is 10.8 Å². The van der Waals surface area contributed by atoms with Gasteiger partial charge in [0.25, 0.3) is 0 Å². The number of rotatable bonds is 3. The largest absolute Gasteiger partial charge is 0.391 e. The van der Waals surface area contributed by atoms with Crippen LogP contribution in [0.15, 0.2) is 18.2 Å². The van der Waals surface area contributed by atoms with Gasteiger partial charge in [-0.1, -0.05) is 31.4 Å². The summed E-state index contributed by atoms with van der Waals surface area (Å²) in [5, 5.41) is 10.2. The summed E-state index contributed by atoms with van der Waals surface area (Å²) in [6, 6.07) is 3.05. The topological polar surface area (TPSA) is 46.2 Å². The van der Waals surface area contributed by atoms with Gasteiger partial charge in [0.15, 0.2) is 11.6 Å². The molecule has 2 rings (SSSR count). The van der Waals surface area contributed by atoms with Crippen LogP contribution < -0.4 is 5.73 Å². The molecule has 3 N–H and O–H groups in total. The standard InChI is InChI=1S/C14H19F2NO/c15-11-8-4-7-10(12(11)16)13(17)14(18)9-5-2-1-3-6-9/h4,7-9,13-14,18H,1-3,5-6,17H2/t13-,14+/m1/s1. The third-order valence-electron chi connectivity index (χ3n) is 3.84. The molecule has 0 amide bonds. The first kappa shape index (κ1) is 13.4. The van der Waals surface area contributed by atoms with E-state index in [0.29, 0.717) is 0 Å². The molecule has 0 heterocycles. The lowest BCUT2D eigenvalue weighted by molar-refractivity contribution is 0.0606. The first-order chi connectivity index (χ1) is 8.61. The summed E-state index contributed by atoms with van der Waals surface area (Å²) in [6.45, 7) is 0. The van der Waals surface area contributed by atoms with Crippen molar-refractivity contribution in [2.24, 2.45) is 11.7 Å². The second-order valence-corrected chi connectivity index (χ2v) is 5.06. The normalized spacial score (nSPS) is 20.7. The minimum Gasteiger partial charge on any atom is -0.391 e. The zero-order valence-electron chi connectivity index (χ0n) is 10.3. The molecule has 0 aromatic heterocycles. The summed E-state index contributed by atoms with van der Waals surface area (Å²) in [6.07, 6.45) is 4.33. The second-order valence-electron chi connectivity index (χ2n) is 5.06. The Morgan fingerprint density at radius 2 is 1.83 bits per heavy atom. The molecular formula is C14H19F2NO. The number of aliphatic hydroxyl groups is 1. The van der Waals surface area contributed by atoms with Gasteiger partial charge in [0.1, 0.15) is 0 Å². The van der Waals surface area contributed by atoms with Crippen molar-refractivity contribution in [2.45, 2.75) is 44.2 Å². The average Bonchev–Trinajstić information content (AvgIpc) is 2.41. The van der Waals surface area contributed by atoms with Crippen molar-refractivity contribution in [2.75, 3.05) is 0 Å². The van der Waals surface area contributed by atoms with E-state index in [9.17, 15) is 13.9 Å². The summed E-state index contributed by atoms with van der Waals surface area (Å²) in [4.78, 5) is 0. The Morgan fingerprint density at radius 1 is 1.17 bits per heavy atom. The van der Waals surface area contributed by atoms with E-state index in [1.807, 2.05) is 0 Å². The molecule has 1 aliphatic carbocycles. The summed E-state index contributed by atoms with van der Waals surface area (Å²) in [5.74, 6) is -1.77. The van der Waals surface area contributed by atoms with Crippen molar-refractivity contribution >= 4 is 0 Å². The average molecular weight is 255 g/mol. The molecule has 2 atom stereocenters. The van der Waals surface area contributed by atoms with Crippen LogP contribution in [-0.4, -0.2) is 11.2 Å². The molecule has 1 aliphatic rings. The Hall–Kier alpha value is -1.00. The number of benzene rings is 1. The Bertz CT molecular complexity index is 405. The highest BCUT2D eigenvalue weighted by Gasteiger charge is 2.29. The van der Waals surface area contributed by atoms with Crippen molar-refractivity contribution in [3.63, 3.8) is 0 Å². The van der Waals surface area contributed by atoms with Crippen LogP contribution in [0, 0.1) is 17.6 Å². The fraction of sp³-hybridized carbons (Fsp3) is 0.571. The molecule has 0 bridgehead atoms. The van der Waals surface area contributed by atoms with Crippen LogP contribution in [0.2, 0.25) is 0 Å². The summed E-state index contributed by atoms with van der Waals surface area (Å²) >= 11 is 0. The predicted octanol–water partition coefficient (Wildman–Crippen LogP) is 2.91. The quantitative estimate of drug-likeness (QED) is 0.872. The van der Waals surface area contributed by atoms with Gasteiger partial charge in [0.05, 0.1) is 12.1 Å². The molecule has 1 fully saturated rings. The summed E-state index contributed by atoms with van der Waals surface area (Å²) in [7, 11) is 0. The molecule has 0 saturated heterocycles. The second kappa shape index (κ2) is 5.76. The molecule has 0 unspecified atom stereocenters. The molecule has 0 aliphatic heterocycles. The Labute approximate surface area is 106 Å². The first-order valence-corrected chi connectivity index (χ1v) is 6.49. The van der Waals surface area contributed by atoms with E-state index in [0.717, 1.165) is 31.7 Å². The molecule has 1 saturated carbocycles. The molecule has 0 radical (unpaired) electrons. The van der Waals surface area contributed by atoms with Gasteiger partial charge in [-0.2, -0.15) is 0 Å². The zero-order valence-corrected chi connectivity index (χ0v) is 10.3. The van der Waals surface area contributed by atoms with Crippen molar-refractivity contribution in [1.29, 1.82) is 0 Å². The van der Waals surface area contributed by atoms with Crippen LogP contribution in [0.4, 0.5) is 8.78 Å². The van der Waals surface area contributed by atoms with Gasteiger partial charge in [-0.15, -0.1) is 0 Å². The van der Waals surface area contributed by atoms with E-state index in [1.54, 1.807) is 0 Å². The van der Waals surface area contributed by atoms with E-state index in [2.05, 4.69) is 0 Å². The fourth-order valence-corrected chi connectivity index (χ4v) is 2.73. The highest BCUT2D eigenvalue weighted by molar-refractivity contribution is 5.23. The van der Waals surface area contributed by atoms with Crippen molar-refractivity contribution < 1.29 is 13.9 Å². The minimum absolute atomic E-state index is 0.0630. The molecule has 18 heavy (non-hydrogen) atoms. The van der Waals surface area contributed by atoms with E-state index in [1.165, 1.54) is 18.6 Å². The molecule has 4 heteroatoms. The minimum atomic E-state index is -0.945. The van der Waals surface area contributed by atoms with Crippen molar-refractivity contribution in [1.82, 2.24) is 0 Å². The molecule has 1 aromatic rings. The highest BCUT2D eigenvalue weighted by atomic mass is 19.2. The zero-order chi connectivity index (χ0) is 13.1. The van der Waals surface area contributed by atoms with E-state index < -0.39 is 23.8 Å². The first-order valence-electron chi connectivity index (χ1n) is 6.49. The van der Waals surface area contributed by atoms with Gasteiger partial charge in [-0.05, 0) is 24.8 Å². The van der Waals surface area contributed by atoms with Crippen LogP contribution >= 0.6 is 0 Å². The van der Waals surface area contributed by atoms with E-state index in [4.69, 9.17) is 5.73 Å². The van der Waals surface area contributed by atoms with Crippen LogP contribution in [-0.2, 0) is 0 Å². The predicted molar refractivity (Wildman–Crippen MR) is 65.9 cm³/mol. The van der Waals surface area contributed by atoms with E-state index in [-0.39, 0.29) is 11.5 Å². The van der Waals surface area contributed by atoms with Crippen LogP contribution in [0.25, 0.3) is 0 Å². The number of aliphatic hydroxyl groups excluding tert-OH is 1. The van der Waals surface area contributed by atoms with Crippen molar-refractivity contribution in [3.05, 3.63) is 35.4 Å².